The second-order valence-corrected chi connectivity index (χ2v) is 6.80. The van der Waals surface area contributed by atoms with Gasteiger partial charge >= 0.3 is 0 Å². The number of carbonyl (C=O) groups excluding carboxylic acids is 1. The molecule has 0 fully saturated rings. The maximum Gasteiger partial charge on any atom is 0.130 e. The largest absolute Gasteiger partial charge is 0.300 e. The second-order valence-electron chi connectivity index (χ2n) is 6.80. The molecule has 0 saturated carbocycles. The van der Waals surface area contributed by atoms with Crippen molar-refractivity contribution in [3.05, 3.63) is 34.9 Å². The normalized spacial score (nSPS) is 13.4. The maximum absolute atomic E-state index is 11.2. The van der Waals surface area contributed by atoms with Gasteiger partial charge in [-0.05, 0) is 47.8 Å². The Hall–Kier alpha value is -1.11. The van der Waals surface area contributed by atoms with Crippen molar-refractivity contribution < 1.29 is 4.79 Å². The molecule has 1 atom stereocenters. The number of hydrogen-bond donors (Lipinski definition) is 0. The molecule has 0 N–H and O–H groups in total. The van der Waals surface area contributed by atoms with Gasteiger partial charge in [0.2, 0.25) is 0 Å². The Morgan fingerprint density at radius 1 is 1.21 bits per heavy atom. The molecule has 0 aliphatic heterocycles. The first-order valence-corrected chi connectivity index (χ1v) is 7.35. The van der Waals surface area contributed by atoms with Gasteiger partial charge in [0.05, 0.1) is 0 Å². The molecule has 1 aromatic carbocycles. The van der Waals surface area contributed by atoms with Crippen LogP contribution in [0.15, 0.2) is 18.2 Å². The Balaban J connectivity index is 2.99. The smallest absolute Gasteiger partial charge is 0.130 e. The van der Waals surface area contributed by atoms with Gasteiger partial charge in [0.15, 0.2) is 0 Å². The SMILES string of the molecule is CCc1ccc(C(C)(C)C)cc1CC(C)CC(C)=O. The van der Waals surface area contributed by atoms with E-state index in [9.17, 15) is 4.79 Å². The first-order chi connectivity index (χ1) is 8.74. The molecule has 0 saturated heterocycles. The van der Waals surface area contributed by atoms with Crippen molar-refractivity contribution in [3.8, 4) is 0 Å². The summed E-state index contributed by atoms with van der Waals surface area (Å²) in [4.78, 5) is 11.2. The highest BCUT2D eigenvalue weighted by Crippen LogP contribution is 2.26. The second kappa shape index (κ2) is 6.36. The molecule has 106 valence electrons. The Morgan fingerprint density at radius 3 is 2.32 bits per heavy atom. The van der Waals surface area contributed by atoms with E-state index < -0.39 is 0 Å². The van der Waals surface area contributed by atoms with Crippen LogP contribution < -0.4 is 0 Å². The lowest BCUT2D eigenvalue weighted by Crippen LogP contribution is -2.13. The van der Waals surface area contributed by atoms with Crippen molar-refractivity contribution in [1.82, 2.24) is 0 Å². The van der Waals surface area contributed by atoms with Crippen LogP contribution in [-0.2, 0) is 23.1 Å². The van der Waals surface area contributed by atoms with Gasteiger partial charge < -0.3 is 4.79 Å². The van der Waals surface area contributed by atoms with Crippen LogP contribution in [0.2, 0.25) is 0 Å². The van der Waals surface area contributed by atoms with Crippen molar-refractivity contribution in [2.45, 2.75) is 66.2 Å². The van der Waals surface area contributed by atoms with Crippen LogP contribution in [0.1, 0.15) is 64.7 Å². The van der Waals surface area contributed by atoms with Crippen LogP contribution in [0.25, 0.3) is 0 Å². The van der Waals surface area contributed by atoms with Gasteiger partial charge in [0.25, 0.3) is 0 Å². The molecule has 1 rings (SSSR count). The van der Waals surface area contributed by atoms with Gasteiger partial charge in [-0.2, -0.15) is 0 Å². The lowest BCUT2D eigenvalue weighted by molar-refractivity contribution is -0.117. The van der Waals surface area contributed by atoms with E-state index in [2.05, 4.69) is 52.8 Å². The molecule has 0 amide bonds. The summed E-state index contributed by atoms with van der Waals surface area (Å²) >= 11 is 0. The van der Waals surface area contributed by atoms with Crippen LogP contribution >= 0.6 is 0 Å². The zero-order valence-corrected chi connectivity index (χ0v) is 13.3. The third kappa shape index (κ3) is 4.81. The highest BCUT2D eigenvalue weighted by Gasteiger charge is 2.16. The number of rotatable bonds is 5. The predicted octanol–water partition coefficient (Wildman–Crippen LogP) is 4.70. The molecule has 0 spiro atoms. The molecule has 1 heteroatoms. The molecule has 1 nitrogen and oxygen atoms in total. The molecule has 0 aliphatic carbocycles. The summed E-state index contributed by atoms with van der Waals surface area (Å²) in [7, 11) is 0. The number of ketones is 1. The third-order valence-electron chi connectivity index (χ3n) is 3.66. The number of carbonyl (C=O) groups is 1. The van der Waals surface area contributed by atoms with Crippen LogP contribution in [0, 0.1) is 5.92 Å². The van der Waals surface area contributed by atoms with E-state index in [1.54, 1.807) is 6.92 Å². The van der Waals surface area contributed by atoms with E-state index in [0.29, 0.717) is 12.3 Å². The average molecular weight is 260 g/mol. The Bertz CT molecular complexity index is 437. The summed E-state index contributed by atoms with van der Waals surface area (Å²) in [6.07, 6.45) is 2.75. The van der Waals surface area contributed by atoms with E-state index in [0.717, 1.165) is 12.8 Å². The summed E-state index contributed by atoms with van der Waals surface area (Å²) in [5.74, 6) is 0.718. The number of Topliss-reactive ketones (excluding diaryl/α,β-unsaturated/α-hetero) is 1. The summed E-state index contributed by atoms with van der Waals surface area (Å²) in [6, 6.07) is 6.85. The number of benzene rings is 1. The van der Waals surface area contributed by atoms with E-state index in [4.69, 9.17) is 0 Å². The lowest BCUT2D eigenvalue weighted by Gasteiger charge is -2.22. The van der Waals surface area contributed by atoms with E-state index in [-0.39, 0.29) is 11.2 Å². The Morgan fingerprint density at radius 2 is 1.84 bits per heavy atom. The average Bonchev–Trinajstić information content (AvgIpc) is 2.26. The molecule has 0 aromatic heterocycles. The molecule has 0 heterocycles. The minimum atomic E-state index is 0.185. The molecular weight excluding hydrogens is 232 g/mol. The first-order valence-electron chi connectivity index (χ1n) is 7.35. The van der Waals surface area contributed by atoms with Crippen molar-refractivity contribution in [2.75, 3.05) is 0 Å². The minimum absolute atomic E-state index is 0.185. The fraction of sp³-hybridized carbons (Fsp3) is 0.611. The summed E-state index contributed by atoms with van der Waals surface area (Å²) < 4.78 is 0. The molecule has 1 aromatic rings. The fourth-order valence-electron chi connectivity index (χ4n) is 2.57. The zero-order valence-electron chi connectivity index (χ0n) is 13.3. The highest BCUT2D eigenvalue weighted by molar-refractivity contribution is 5.75. The van der Waals surface area contributed by atoms with Crippen LogP contribution in [0.5, 0.6) is 0 Å². The molecule has 1 unspecified atom stereocenters. The van der Waals surface area contributed by atoms with Gasteiger partial charge in [-0.15, -0.1) is 0 Å². The van der Waals surface area contributed by atoms with Crippen molar-refractivity contribution in [2.24, 2.45) is 5.92 Å². The van der Waals surface area contributed by atoms with Gasteiger partial charge in [0.1, 0.15) is 5.78 Å². The summed E-state index contributed by atoms with van der Waals surface area (Å²) in [5.41, 5.74) is 4.41. The summed E-state index contributed by atoms with van der Waals surface area (Å²) in [5, 5.41) is 0. The Labute approximate surface area is 118 Å². The van der Waals surface area contributed by atoms with Gasteiger partial charge in [0, 0.05) is 6.42 Å². The van der Waals surface area contributed by atoms with E-state index in [1.165, 1.54) is 16.7 Å². The van der Waals surface area contributed by atoms with Gasteiger partial charge in [-0.25, -0.2) is 0 Å². The van der Waals surface area contributed by atoms with Crippen molar-refractivity contribution in [1.29, 1.82) is 0 Å². The fourth-order valence-corrected chi connectivity index (χ4v) is 2.57. The quantitative estimate of drug-likeness (QED) is 0.749. The first kappa shape index (κ1) is 15.9. The van der Waals surface area contributed by atoms with Crippen LogP contribution in [0.3, 0.4) is 0 Å². The summed E-state index contributed by atoms with van der Waals surface area (Å²) in [6.45, 7) is 12.8. The number of aryl methyl sites for hydroxylation is 1. The topological polar surface area (TPSA) is 17.1 Å². The Kier molecular flexibility index (Phi) is 5.34. The molecule has 0 bridgehead atoms. The van der Waals surface area contributed by atoms with E-state index >= 15 is 0 Å². The van der Waals surface area contributed by atoms with Gasteiger partial charge in [-0.3, -0.25) is 0 Å². The zero-order chi connectivity index (χ0) is 14.6. The van der Waals surface area contributed by atoms with Crippen molar-refractivity contribution in [3.63, 3.8) is 0 Å². The standard InChI is InChI=1S/C18H28O/c1-7-15-8-9-17(18(4,5)6)12-16(15)11-13(2)10-14(3)19/h8-9,12-13H,7,10-11H2,1-6H3. The maximum atomic E-state index is 11.2. The monoisotopic (exact) mass is 260 g/mol. The minimum Gasteiger partial charge on any atom is -0.300 e. The number of hydrogen-bond acceptors (Lipinski definition) is 1. The lowest BCUT2D eigenvalue weighted by atomic mass is 9.83. The predicted molar refractivity (Wildman–Crippen MR) is 82.7 cm³/mol. The molecule has 0 radical (unpaired) electrons. The molecule has 0 aliphatic rings. The van der Waals surface area contributed by atoms with Crippen molar-refractivity contribution >= 4 is 5.78 Å². The van der Waals surface area contributed by atoms with Gasteiger partial charge in [-0.1, -0.05) is 52.8 Å². The highest BCUT2D eigenvalue weighted by atomic mass is 16.1. The third-order valence-corrected chi connectivity index (χ3v) is 3.66. The van der Waals surface area contributed by atoms with Crippen LogP contribution in [-0.4, -0.2) is 5.78 Å². The molecule has 19 heavy (non-hydrogen) atoms. The van der Waals surface area contributed by atoms with Crippen LogP contribution in [0.4, 0.5) is 0 Å². The molecular formula is C18H28O. The van der Waals surface area contributed by atoms with E-state index in [1.807, 2.05) is 0 Å².